The molecule has 74 valence electrons. The molecule has 2 rings (SSSR count). The SMILES string of the molecule is Cc1nc(C(=O)CC#N)c2ccccn12. The van der Waals surface area contributed by atoms with Crippen molar-refractivity contribution in [3.05, 3.63) is 35.9 Å². The Morgan fingerprint density at radius 3 is 3.13 bits per heavy atom. The van der Waals surface area contributed by atoms with Gasteiger partial charge < -0.3 is 4.40 Å². The van der Waals surface area contributed by atoms with E-state index in [1.54, 1.807) is 0 Å². The molecular weight excluding hydrogens is 190 g/mol. The van der Waals surface area contributed by atoms with Crippen LogP contribution in [0.5, 0.6) is 0 Å². The summed E-state index contributed by atoms with van der Waals surface area (Å²) < 4.78 is 1.84. The van der Waals surface area contributed by atoms with E-state index < -0.39 is 0 Å². The second-order valence-corrected chi connectivity index (χ2v) is 3.22. The molecule has 0 aliphatic rings. The van der Waals surface area contributed by atoms with E-state index in [4.69, 9.17) is 5.26 Å². The van der Waals surface area contributed by atoms with Crippen LogP contribution in [0.4, 0.5) is 0 Å². The van der Waals surface area contributed by atoms with Crippen molar-refractivity contribution in [2.45, 2.75) is 13.3 Å². The molecule has 0 saturated heterocycles. The van der Waals surface area contributed by atoms with E-state index in [2.05, 4.69) is 4.98 Å². The predicted molar refractivity (Wildman–Crippen MR) is 54.5 cm³/mol. The second-order valence-electron chi connectivity index (χ2n) is 3.22. The van der Waals surface area contributed by atoms with Gasteiger partial charge in [-0.25, -0.2) is 4.98 Å². The number of aryl methyl sites for hydroxylation is 1. The number of carbonyl (C=O) groups excluding carboxylic acids is 1. The van der Waals surface area contributed by atoms with Crippen molar-refractivity contribution in [3.8, 4) is 6.07 Å². The quantitative estimate of drug-likeness (QED) is 0.692. The summed E-state index contributed by atoms with van der Waals surface area (Å²) in [6.07, 6.45) is 1.72. The third-order valence-corrected chi connectivity index (χ3v) is 2.23. The van der Waals surface area contributed by atoms with Gasteiger partial charge in [-0.05, 0) is 19.1 Å². The lowest BCUT2D eigenvalue weighted by Gasteiger charge is -1.94. The molecule has 0 aliphatic carbocycles. The van der Waals surface area contributed by atoms with Gasteiger partial charge in [-0.3, -0.25) is 4.79 Å². The molecule has 2 aromatic heterocycles. The Balaban J connectivity index is 2.63. The zero-order valence-electron chi connectivity index (χ0n) is 8.27. The first kappa shape index (κ1) is 9.41. The molecule has 4 nitrogen and oxygen atoms in total. The summed E-state index contributed by atoms with van der Waals surface area (Å²) in [6, 6.07) is 7.39. The summed E-state index contributed by atoms with van der Waals surface area (Å²) in [6.45, 7) is 1.83. The van der Waals surface area contributed by atoms with Gasteiger partial charge in [0.05, 0.1) is 11.6 Å². The van der Waals surface area contributed by atoms with Crippen LogP contribution in [0.2, 0.25) is 0 Å². The average Bonchev–Trinajstić information content (AvgIpc) is 2.58. The van der Waals surface area contributed by atoms with E-state index in [-0.39, 0.29) is 12.2 Å². The van der Waals surface area contributed by atoms with Gasteiger partial charge in [0.25, 0.3) is 0 Å². The minimum absolute atomic E-state index is 0.124. The van der Waals surface area contributed by atoms with E-state index in [1.165, 1.54) is 0 Å². The molecule has 0 amide bonds. The zero-order chi connectivity index (χ0) is 10.8. The van der Waals surface area contributed by atoms with Crippen LogP contribution in [-0.4, -0.2) is 15.2 Å². The van der Waals surface area contributed by atoms with Gasteiger partial charge >= 0.3 is 0 Å². The molecule has 0 unspecified atom stereocenters. The number of imidazole rings is 1. The molecule has 0 aromatic carbocycles. The number of Topliss-reactive ketones (excluding diaryl/α,β-unsaturated/α-hetero) is 1. The fraction of sp³-hybridized carbons (Fsp3) is 0.182. The summed E-state index contributed by atoms with van der Waals surface area (Å²) in [5.41, 5.74) is 1.14. The number of hydrogen-bond acceptors (Lipinski definition) is 3. The molecule has 0 spiro atoms. The summed E-state index contributed by atoms with van der Waals surface area (Å²) in [7, 11) is 0. The van der Waals surface area contributed by atoms with Crippen molar-refractivity contribution in [1.29, 1.82) is 5.26 Å². The predicted octanol–water partition coefficient (Wildman–Crippen LogP) is 1.74. The maximum Gasteiger partial charge on any atom is 0.197 e. The van der Waals surface area contributed by atoms with E-state index in [0.717, 1.165) is 11.3 Å². The Hall–Kier alpha value is -2.15. The van der Waals surface area contributed by atoms with Crippen molar-refractivity contribution >= 4 is 11.3 Å². The Labute approximate surface area is 86.8 Å². The second kappa shape index (κ2) is 3.54. The van der Waals surface area contributed by atoms with Crippen LogP contribution >= 0.6 is 0 Å². The highest BCUT2D eigenvalue weighted by Gasteiger charge is 2.14. The third kappa shape index (κ3) is 1.48. The van der Waals surface area contributed by atoms with Crippen molar-refractivity contribution in [1.82, 2.24) is 9.38 Å². The molecule has 15 heavy (non-hydrogen) atoms. The van der Waals surface area contributed by atoms with Gasteiger partial charge in [-0.15, -0.1) is 0 Å². The van der Waals surface area contributed by atoms with Crippen LogP contribution in [-0.2, 0) is 0 Å². The van der Waals surface area contributed by atoms with Crippen molar-refractivity contribution in [2.24, 2.45) is 0 Å². The monoisotopic (exact) mass is 199 g/mol. The number of rotatable bonds is 2. The fourth-order valence-corrected chi connectivity index (χ4v) is 1.55. The largest absolute Gasteiger partial charge is 0.303 e. The van der Waals surface area contributed by atoms with Gasteiger partial charge in [-0.1, -0.05) is 6.07 Å². The van der Waals surface area contributed by atoms with Crippen molar-refractivity contribution in [2.75, 3.05) is 0 Å². The molecular formula is C11H9N3O. The number of nitrogens with zero attached hydrogens (tertiary/aromatic N) is 3. The summed E-state index contributed by atoms with van der Waals surface area (Å²) in [5, 5.41) is 8.47. The van der Waals surface area contributed by atoms with E-state index >= 15 is 0 Å². The number of carbonyl (C=O) groups is 1. The standard InChI is InChI=1S/C11H9N3O/c1-8-13-11(10(15)5-6-12)9-4-2-3-7-14(8)9/h2-4,7H,5H2,1H3. The summed E-state index contributed by atoms with van der Waals surface area (Å²) >= 11 is 0. The van der Waals surface area contributed by atoms with Gasteiger partial charge in [0.15, 0.2) is 5.78 Å². The highest BCUT2D eigenvalue weighted by molar-refractivity contribution is 6.01. The van der Waals surface area contributed by atoms with Gasteiger partial charge in [-0.2, -0.15) is 5.26 Å². The minimum Gasteiger partial charge on any atom is -0.303 e. The molecule has 4 heteroatoms. The van der Waals surface area contributed by atoms with Crippen molar-refractivity contribution < 1.29 is 4.79 Å². The average molecular weight is 199 g/mol. The zero-order valence-corrected chi connectivity index (χ0v) is 8.27. The summed E-state index contributed by atoms with van der Waals surface area (Å²) in [5.74, 6) is 0.529. The maximum absolute atomic E-state index is 11.6. The van der Waals surface area contributed by atoms with Crippen LogP contribution in [0.1, 0.15) is 22.7 Å². The highest BCUT2D eigenvalue weighted by atomic mass is 16.1. The molecule has 0 bridgehead atoms. The van der Waals surface area contributed by atoms with Crippen LogP contribution in [0.15, 0.2) is 24.4 Å². The Morgan fingerprint density at radius 2 is 2.40 bits per heavy atom. The van der Waals surface area contributed by atoms with Gasteiger partial charge in [0.1, 0.15) is 17.9 Å². The number of hydrogen-bond donors (Lipinski definition) is 0. The number of fused-ring (bicyclic) bond motifs is 1. The van der Waals surface area contributed by atoms with Crippen molar-refractivity contribution in [3.63, 3.8) is 0 Å². The normalized spacial score (nSPS) is 10.1. The fourth-order valence-electron chi connectivity index (χ4n) is 1.55. The molecule has 0 atom stereocenters. The minimum atomic E-state index is -0.227. The van der Waals surface area contributed by atoms with Crippen LogP contribution in [0, 0.1) is 18.3 Å². The number of nitriles is 1. The summed E-state index contributed by atoms with van der Waals surface area (Å²) in [4.78, 5) is 15.7. The van der Waals surface area contributed by atoms with E-state index in [0.29, 0.717) is 5.69 Å². The van der Waals surface area contributed by atoms with E-state index in [9.17, 15) is 4.79 Å². The smallest absolute Gasteiger partial charge is 0.197 e. The lowest BCUT2D eigenvalue weighted by molar-refractivity contribution is 0.0995. The van der Waals surface area contributed by atoms with Gasteiger partial charge in [0.2, 0.25) is 0 Å². The molecule has 0 N–H and O–H groups in total. The number of pyridine rings is 1. The number of ketones is 1. The van der Waals surface area contributed by atoms with Crippen LogP contribution in [0.3, 0.4) is 0 Å². The first-order chi connectivity index (χ1) is 7.24. The Morgan fingerprint density at radius 1 is 1.60 bits per heavy atom. The lowest BCUT2D eigenvalue weighted by atomic mass is 10.2. The molecule has 0 fully saturated rings. The molecule has 2 aromatic rings. The van der Waals surface area contributed by atoms with Crippen LogP contribution < -0.4 is 0 Å². The third-order valence-electron chi connectivity index (χ3n) is 2.23. The molecule has 2 heterocycles. The van der Waals surface area contributed by atoms with Crippen LogP contribution in [0.25, 0.3) is 5.52 Å². The topological polar surface area (TPSA) is 58.2 Å². The first-order valence-electron chi connectivity index (χ1n) is 4.58. The maximum atomic E-state index is 11.6. The van der Waals surface area contributed by atoms with E-state index in [1.807, 2.05) is 41.8 Å². The molecule has 0 radical (unpaired) electrons. The molecule has 0 aliphatic heterocycles. The Bertz CT molecular complexity index is 563. The van der Waals surface area contributed by atoms with Gasteiger partial charge in [0, 0.05) is 6.20 Å². The number of aromatic nitrogens is 2. The lowest BCUT2D eigenvalue weighted by Crippen LogP contribution is -1.98. The highest BCUT2D eigenvalue weighted by Crippen LogP contribution is 2.13. The Kier molecular flexibility index (Phi) is 2.22. The first-order valence-corrected chi connectivity index (χ1v) is 4.58. The molecule has 0 saturated carbocycles.